The van der Waals surface area contributed by atoms with Crippen LogP contribution in [0.3, 0.4) is 0 Å². The van der Waals surface area contributed by atoms with Crippen molar-refractivity contribution in [3.63, 3.8) is 0 Å². The average molecular weight is 506 g/mol. The van der Waals surface area contributed by atoms with Crippen molar-refractivity contribution in [2.24, 2.45) is 0 Å². The van der Waals surface area contributed by atoms with Crippen LogP contribution in [0.5, 0.6) is 5.75 Å². The molecule has 186 valence electrons. The minimum absolute atomic E-state index is 0.0928. The number of rotatable bonds is 1. The van der Waals surface area contributed by atoms with Crippen LogP contribution < -0.4 is 15.4 Å². The van der Waals surface area contributed by atoms with Crippen molar-refractivity contribution in [1.82, 2.24) is 14.9 Å². The van der Waals surface area contributed by atoms with Crippen LogP contribution >= 0.6 is 7.92 Å². The molecule has 5 rings (SSSR count). The molecule has 1 N–H and O–H groups in total. The summed E-state index contributed by atoms with van der Waals surface area (Å²) in [5, 5.41) is 4.69. The Morgan fingerprint density at radius 1 is 1.14 bits per heavy atom. The van der Waals surface area contributed by atoms with Crippen molar-refractivity contribution in [2.45, 2.75) is 32.0 Å². The van der Waals surface area contributed by atoms with Gasteiger partial charge in [0.15, 0.2) is 0 Å². The van der Waals surface area contributed by atoms with Crippen molar-refractivity contribution >= 4 is 29.9 Å². The van der Waals surface area contributed by atoms with Crippen LogP contribution in [-0.2, 0) is 12.6 Å². The summed E-state index contributed by atoms with van der Waals surface area (Å²) in [6.45, 7) is 3.73. The van der Waals surface area contributed by atoms with Gasteiger partial charge >= 0.3 is 6.18 Å². The van der Waals surface area contributed by atoms with E-state index in [1.54, 1.807) is 13.0 Å². The topological polar surface area (TPSA) is 50.3 Å². The van der Waals surface area contributed by atoms with Crippen LogP contribution in [0, 0.1) is 5.82 Å². The van der Waals surface area contributed by atoms with E-state index in [0.29, 0.717) is 46.3 Å². The van der Waals surface area contributed by atoms with E-state index in [-0.39, 0.29) is 18.2 Å². The Bertz CT molecular complexity index is 1240. The second kappa shape index (κ2) is 9.51. The highest BCUT2D eigenvalue weighted by molar-refractivity contribution is 7.65. The third-order valence-electron chi connectivity index (χ3n) is 6.62. The number of aromatic nitrogens is 2. The standard InChI is InChI=1S/C25H27F4N4OP/c1-15-16-5-3-6-18(25(27,28)29)23(16)34-10-4-7-22-31-20-14-19(26)21(13-17(20)24(30-15)32-22)35-11-8-33(2)9-12-35/h3,5-6,13-15H,4,7-12H2,1-2H3,(H,30,31,32). The van der Waals surface area contributed by atoms with Gasteiger partial charge < -0.3 is 15.0 Å². The normalized spacial score (nSPS) is 20.0. The number of hydrogen-bond donors (Lipinski definition) is 1. The van der Waals surface area contributed by atoms with Gasteiger partial charge in [-0.1, -0.05) is 20.1 Å². The highest BCUT2D eigenvalue weighted by atomic mass is 31.1. The molecule has 0 amide bonds. The van der Waals surface area contributed by atoms with Crippen molar-refractivity contribution < 1.29 is 22.3 Å². The fraction of sp³-hybridized carbons (Fsp3) is 0.440. The van der Waals surface area contributed by atoms with Crippen LogP contribution in [0.1, 0.15) is 36.3 Å². The molecule has 35 heavy (non-hydrogen) atoms. The summed E-state index contributed by atoms with van der Waals surface area (Å²) < 4.78 is 62.0. The van der Waals surface area contributed by atoms with Gasteiger partial charge in [0.05, 0.1) is 23.7 Å². The summed E-state index contributed by atoms with van der Waals surface area (Å²) in [6.07, 6.45) is -1.83. The van der Waals surface area contributed by atoms with Crippen LogP contribution in [0.4, 0.5) is 23.4 Å². The van der Waals surface area contributed by atoms with Gasteiger partial charge in [-0.3, -0.25) is 0 Å². The van der Waals surface area contributed by atoms with Gasteiger partial charge in [0.25, 0.3) is 0 Å². The van der Waals surface area contributed by atoms with E-state index in [1.807, 2.05) is 6.07 Å². The Hall–Kier alpha value is -2.51. The molecule has 2 bridgehead atoms. The number of anilines is 1. The molecule has 5 nitrogen and oxygen atoms in total. The highest BCUT2D eigenvalue weighted by Crippen LogP contribution is 2.42. The molecule has 1 aromatic heterocycles. The third kappa shape index (κ3) is 4.94. The van der Waals surface area contributed by atoms with Crippen LogP contribution in [0.15, 0.2) is 30.3 Å². The minimum Gasteiger partial charge on any atom is -0.493 e. The molecule has 3 heterocycles. The number of halogens is 4. The molecule has 3 aromatic rings. The quantitative estimate of drug-likeness (QED) is 0.357. The first-order valence-corrected chi connectivity index (χ1v) is 13.4. The zero-order valence-corrected chi connectivity index (χ0v) is 20.5. The highest BCUT2D eigenvalue weighted by Gasteiger charge is 2.36. The zero-order chi connectivity index (χ0) is 24.7. The Labute approximate surface area is 202 Å². The lowest BCUT2D eigenvalue weighted by molar-refractivity contribution is -0.139. The summed E-state index contributed by atoms with van der Waals surface area (Å²) in [4.78, 5) is 11.5. The Kier molecular flexibility index (Phi) is 6.57. The van der Waals surface area contributed by atoms with E-state index >= 15 is 4.39 Å². The number of nitrogens with zero attached hydrogens (tertiary/aromatic N) is 3. The number of alkyl halides is 3. The lowest BCUT2D eigenvalue weighted by atomic mass is 10.0. The maximum atomic E-state index is 15.2. The first kappa shape index (κ1) is 24.2. The molecule has 0 spiro atoms. The van der Waals surface area contributed by atoms with Crippen molar-refractivity contribution in [3.8, 4) is 5.75 Å². The predicted molar refractivity (Wildman–Crippen MR) is 131 cm³/mol. The smallest absolute Gasteiger partial charge is 0.419 e. The monoisotopic (exact) mass is 506 g/mol. The number of aryl methyl sites for hydroxylation is 1. The predicted octanol–water partition coefficient (Wildman–Crippen LogP) is 5.34. The molecule has 1 atom stereocenters. The lowest BCUT2D eigenvalue weighted by Gasteiger charge is -2.30. The summed E-state index contributed by atoms with van der Waals surface area (Å²) >= 11 is 0. The van der Waals surface area contributed by atoms with Gasteiger partial charge in [-0.25, -0.2) is 14.4 Å². The summed E-state index contributed by atoms with van der Waals surface area (Å²) in [5.41, 5.74) is 0.108. The van der Waals surface area contributed by atoms with Gasteiger partial charge in [0, 0.05) is 41.8 Å². The van der Waals surface area contributed by atoms with Crippen molar-refractivity contribution in [3.05, 3.63) is 53.1 Å². The molecular formula is C25H27F4N4OP. The number of fused-ring (bicyclic) bond motifs is 5. The second-order valence-electron chi connectivity index (χ2n) is 9.14. The van der Waals surface area contributed by atoms with E-state index in [2.05, 4.69) is 22.2 Å². The summed E-state index contributed by atoms with van der Waals surface area (Å²) in [7, 11) is 1.43. The van der Waals surface area contributed by atoms with E-state index in [1.165, 1.54) is 12.1 Å². The average Bonchev–Trinajstić information content (AvgIpc) is 2.83. The van der Waals surface area contributed by atoms with Crippen molar-refractivity contribution in [2.75, 3.05) is 44.4 Å². The van der Waals surface area contributed by atoms with E-state index < -0.39 is 25.7 Å². The van der Waals surface area contributed by atoms with Gasteiger partial charge in [-0.2, -0.15) is 13.2 Å². The maximum Gasteiger partial charge on any atom is 0.419 e. The maximum absolute atomic E-state index is 15.2. The van der Waals surface area contributed by atoms with E-state index in [0.717, 1.165) is 31.5 Å². The van der Waals surface area contributed by atoms with Crippen molar-refractivity contribution in [1.29, 1.82) is 0 Å². The molecule has 1 saturated heterocycles. The molecule has 1 unspecified atom stereocenters. The minimum atomic E-state index is -4.53. The largest absolute Gasteiger partial charge is 0.493 e. The molecule has 2 aliphatic heterocycles. The summed E-state index contributed by atoms with van der Waals surface area (Å²) in [5.74, 6) is 0.613. The number of benzene rings is 2. The number of hydrogen-bond acceptors (Lipinski definition) is 5. The second-order valence-corrected chi connectivity index (χ2v) is 11.6. The SMILES string of the molecule is CC1Nc2nc(nc3cc(F)c(P4CCN(C)CC4)cc23)CCCOc2c1cccc2C(F)(F)F. The van der Waals surface area contributed by atoms with E-state index in [4.69, 9.17) is 9.72 Å². The van der Waals surface area contributed by atoms with Crippen LogP contribution in [0.2, 0.25) is 0 Å². The Balaban J connectivity index is 1.59. The fourth-order valence-corrected chi connectivity index (χ4v) is 7.22. The Morgan fingerprint density at radius 3 is 2.66 bits per heavy atom. The Morgan fingerprint density at radius 2 is 1.91 bits per heavy atom. The number of nitrogens with one attached hydrogen (secondary N) is 1. The van der Waals surface area contributed by atoms with E-state index in [9.17, 15) is 13.2 Å². The molecule has 0 radical (unpaired) electrons. The molecular weight excluding hydrogens is 479 g/mol. The molecule has 0 saturated carbocycles. The van der Waals surface area contributed by atoms with Gasteiger partial charge in [-0.05, 0) is 44.8 Å². The molecule has 2 aliphatic rings. The number of ether oxygens (including phenoxy) is 1. The van der Waals surface area contributed by atoms with Gasteiger partial charge in [-0.15, -0.1) is 0 Å². The first-order chi connectivity index (χ1) is 16.7. The molecule has 1 fully saturated rings. The zero-order valence-electron chi connectivity index (χ0n) is 19.6. The molecule has 10 heteroatoms. The molecule has 0 aliphatic carbocycles. The number of para-hydroxylation sites is 1. The van der Waals surface area contributed by atoms with Crippen LogP contribution in [0.25, 0.3) is 10.9 Å². The first-order valence-electron chi connectivity index (χ1n) is 11.7. The van der Waals surface area contributed by atoms with Gasteiger partial charge in [0.2, 0.25) is 0 Å². The summed E-state index contributed by atoms with van der Waals surface area (Å²) in [6, 6.07) is 6.87. The molecule has 2 aromatic carbocycles. The van der Waals surface area contributed by atoms with Gasteiger partial charge in [0.1, 0.15) is 23.2 Å². The fourth-order valence-electron chi connectivity index (χ4n) is 4.67. The van der Waals surface area contributed by atoms with Crippen LogP contribution in [-0.4, -0.2) is 53.9 Å². The lowest BCUT2D eigenvalue weighted by Crippen LogP contribution is -2.32. The third-order valence-corrected chi connectivity index (χ3v) is 9.12.